The fourth-order valence-corrected chi connectivity index (χ4v) is 2.17. The zero-order chi connectivity index (χ0) is 15.8. The molecular weight excluding hydrogens is 272 g/mol. The minimum atomic E-state index is -0.630. The molecule has 21 heavy (non-hydrogen) atoms. The van der Waals surface area contributed by atoms with Gasteiger partial charge in [-0.3, -0.25) is 10.1 Å². The van der Waals surface area contributed by atoms with Crippen molar-refractivity contribution < 1.29 is 10.0 Å². The van der Waals surface area contributed by atoms with Crippen LogP contribution in [0.25, 0.3) is 0 Å². The number of nitrogens with one attached hydrogen (secondary N) is 1. The first-order chi connectivity index (χ1) is 9.97. The summed E-state index contributed by atoms with van der Waals surface area (Å²) in [5.74, 6) is 0.112. The molecule has 7 heteroatoms. The normalized spacial score (nSPS) is 13.7. The van der Waals surface area contributed by atoms with Gasteiger partial charge in [-0.15, -0.1) is 0 Å². The van der Waals surface area contributed by atoms with Crippen molar-refractivity contribution in [1.29, 1.82) is 0 Å². The Morgan fingerprint density at radius 2 is 2.19 bits per heavy atom. The van der Waals surface area contributed by atoms with Crippen molar-refractivity contribution in [3.05, 3.63) is 22.4 Å². The highest BCUT2D eigenvalue weighted by Crippen LogP contribution is 2.29. The van der Waals surface area contributed by atoms with E-state index in [0.29, 0.717) is 0 Å². The van der Waals surface area contributed by atoms with Crippen molar-refractivity contribution in [1.82, 2.24) is 4.98 Å². The molecule has 0 fully saturated rings. The second-order valence-corrected chi connectivity index (χ2v) is 5.20. The quantitative estimate of drug-likeness (QED) is 0.366. The molecule has 0 bridgehead atoms. The Morgan fingerprint density at radius 3 is 2.76 bits per heavy atom. The Kier molecular flexibility index (Phi) is 6.87. The monoisotopic (exact) mass is 296 g/mol. The molecule has 0 amide bonds. The van der Waals surface area contributed by atoms with Crippen LogP contribution in [0.3, 0.4) is 0 Å². The number of aliphatic hydroxyl groups excluding tert-OH is 1. The Morgan fingerprint density at radius 1 is 1.48 bits per heavy atom. The molecule has 0 saturated heterocycles. The lowest BCUT2D eigenvalue weighted by Gasteiger charge is -2.22. The van der Waals surface area contributed by atoms with E-state index in [2.05, 4.69) is 17.2 Å². The summed E-state index contributed by atoms with van der Waals surface area (Å²) in [5.41, 5.74) is 5.45. The summed E-state index contributed by atoms with van der Waals surface area (Å²) in [7, 11) is 0. The molecule has 0 aliphatic heterocycles. The molecule has 0 radical (unpaired) electrons. The van der Waals surface area contributed by atoms with Gasteiger partial charge in [-0.05, 0) is 19.4 Å². The molecule has 0 saturated carbocycles. The lowest BCUT2D eigenvalue weighted by Crippen LogP contribution is -2.32. The highest BCUT2D eigenvalue weighted by atomic mass is 16.6. The van der Waals surface area contributed by atoms with Gasteiger partial charge in [0.1, 0.15) is 5.69 Å². The van der Waals surface area contributed by atoms with Crippen LogP contribution < -0.4 is 11.1 Å². The number of hydrogen-bond donors (Lipinski definition) is 3. The molecule has 1 heterocycles. The van der Waals surface area contributed by atoms with Crippen molar-refractivity contribution in [3.63, 3.8) is 0 Å². The van der Waals surface area contributed by atoms with Gasteiger partial charge in [0, 0.05) is 6.20 Å². The van der Waals surface area contributed by atoms with Crippen LogP contribution in [0.1, 0.15) is 46.0 Å². The molecule has 0 aromatic carbocycles. The summed E-state index contributed by atoms with van der Waals surface area (Å²) in [4.78, 5) is 14.5. The second kappa shape index (κ2) is 8.41. The first-order valence-corrected chi connectivity index (χ1v) is 7.30. The third kappa shape index (κ3) is 5.18. The van der Waals surface area contributed by atoms with Gasteiger partial charge in [0.2, 0.25) is 5.82 Å². The lowest BCUT2D eigenvalue weighted by molar-refractivity contribution is -0.383. The maximum absolute atomic E-state index is 11.1. The van der Waals surface area contributed by atoms with E-state index >= 15 is 0 Å². The molecule has 2 atom stereocenters. The van der Waals surface area contributed by atoms with E-state index in [1.807, 2.05) is 0 Å². The second-order valence-electron chi connectivity index (χ2n) is 5.20. The predicted octanol–water partition coefficient (Wildman–Crippen LogP) is 2.70. The first kappa shape index (κ1) is 17.2. The van der Waals surface area contributed by atoms with Crippen molar-refractivity contribution in [2.45, 2.75) is 58.1 Å². The van der Waals surface area contributed by atoms with Crippen LogP contribution in [0.2, 0.25) is 0 Å². The number of nitrogen functional groups attached to an aromatic ring is 1. The minimum Gasteiger partial charge on any atom is -0.393 e. The van der Waals surface area contributed by atoms with Crippen molar-refractivity contribution in [2.75, 3.05) is 11.1 Å². The summed E-state index contributed by atoms with van der Waals surface area (Å²) >= 11 is 0. The number of rotatable bonds is 9. The van der Waals surface area contributed by atoms with Crippen LogP contribution in [0.4, 0.5) is 17.2 Å². The van der Waals surface area contributed by atoms with E-state index < -0.39 is 11.0 Å². The fourth-order valence-electron chi connectivity index (χ4n) is 2.17. The standard InChI is InChI=1S/C14H24N4O3/c1-3-4-5-6-7-12(10(2)19)17-14-13(18(20)21)11(15)8-9-16-14/h8-10,12,19H,3-7H2,1-2H3,(H3,15,16,17)/t10-,12+/m1/s1. The molecule has 1 aromatic heterocycles. The van der Waals surface area contributed by atoms with Crippen molar-refractivity contribution in [3.8, 4) is 0 Å². The highest BCUT2D eigenvalue weighted by molar-refractivity contribution is 5.70. The number of pyridine rings is 1. The zero-order valence-electron chi connectivity index (χ0n) is 12.6. The molecule has 7 nitrogen and oxygen atoms in total. The van der Waals surface area contributed by atoms with Gasteiger partial charge in [0.25, 0.3) is 0 Å². The number of nitro groups is 1. The highest BCUT2D eigenvalue weighted by Gasteiger charge is 2.23. The Balaban J connectivity index is 2.80. The van der Waals surface area contributed by atoms with Gasteiger partial charge in [-0.25, -0.2) is 4.98 Å². The number of aromatic nitrogens is 1. The average molecular weight is 296 g/mol. The summed E-state index contributed by atoms with van der Waals surface area (Å²) in [6.07, 6.45) is 5.82. The molecule has 118 valence electrons. The Hall–Kier alpha value is -1.89. The minimum absolute atomic E-state index is 0.0628. The lowest BCUT2D eigenvalue weighted by atomic mass is 10.0. The van der Waals surface area contributed by atoms with Gasteiger partial charge in [-0.2, -0.15) is 0 Å². The number of unbranched alkanes of at least 4 members (excludes halogenated alkanes) is 3. The molecule has 0 aliphatic rings. The maximum atomic E-state index is 11.1. The number of aliphatic hydroxyl groups is 1. The molecule has 0 aliphatic carbocycles. The summed E-state index contributed by atoms with van der Waals surface area (Å²) in [6.45, 7) is 3.79. The van der Waals surface area contributed by atoms with Crippen molar-refractivity contribution in [2.24, 2.45) is 0 Å². The number of nitrogens with two attached hydrogens (primary N) is 1. The largest absolute Gasteiger partial charge is 0.393 e. The van der Waals surface area contributed by atoms with E-state index in [9.17, 15) is 15.2 Å². The van der Waals surface area contributed by atoms with Crippen LogP contribution in [-0.2, 0) is 0 Å². The topological polar surface area (TPSA) is 114 Å². The SMILES string of the molecule is CCCCCC[C@H](Nc1nccc(N)c1[N+](=O)[O-])[C@@H](C)O. The fraction of sp³-hybridized carbons (Fsp3) is 0.643. The molecular formula is C14H24N4O3. The van der Waals surface area contributed by atoms with Crippen LogP contribution in [0.15, 0.2) is 12.3 Å². The Labute approximate surface area is 124 Å². The summed E-state index contributed by atoms with van der Waals surface area (Å²) in [6, 6.07) is 1.11. The number of hydrogen-bond acceptors (Lipinski definition) is 6. The van der Waals surface area contributed by atoms with Gasteiger partial charge in [0.15, 0.2) is 0 Å². The third-order valence-electron chi connectivity index (χ3n) is 3.41. The van der Waals surface area contributed by atoms with Gasteiger partial charge < -0.3 is 16.2 Å². The average Bonchev–Trinajstić information content (AvgIpc) is 2.41. The number of nitrogens with zero attached hydrogens (tertiary/aromatic N) is 2. The summed E-state index contributed by atoms with van der Waals surface area (Å²) in [5, 5.41) is 23.9. The van der Waals surface area contributed by atoms with Crippen LogP contribution in [0, 0.1) is 10.1 Å². The van der Waals surface area contributed by atoms with E-state index in [0.717, 1.165) is 32.1 Å². The molecule has 0 spiro atoms. The van der Waals surface area contributed by atoms with E-state index in [4.69, 9.17) is 5.73 Å². The molecule has 1 aromatic rings. The van der Waals surface area contributed by atoms with E-state index in [-0.39, 0.29) is 23.2 Å². The third-order valence-corrected chi connectivity index (χ3v) is 3.41. The van der Waals surface area contributed by atoms with E-state index in [1.54, 1.807) is 6.92 Å². The molecule has 1 rings (SSSR count). The van der Waals surface area contributed by atoms with Crippen LogP contribution in [0.5, 0.6) is 0 Å². The van der Waals surface area contributed by atoms with E-state index in [1.165, 1.54) is 12.3 Å². The van der Waals surface area contributed by atoms with Crippen LogP contribution in [-0.4, -0.2) is 27.2 Å². The summed E-state index contributed by atoms with van der Waals surface area (Å²) < 4.78 is 0. The molecule has 0 unspecified atom stereocenters. The van der Waals surface area contributed by atoms with Crippen molar-refractivity contribution >= 4 is 17.2 Å². The maximum Gasteiger partial charge on any atom is 0.333 e. The zero-order valence-corrected chi connectivity index (χ0v) is 12.6. The van der Waals surface area contributed by atoms with Gasteiger partial charge >= 0.3 is 5.69 Å². The van der Waals surface area contributed by atoms with Crippen LogP contribution >= 0.6 is 0 Å². The molecule has 4 N–H and O–H groups in total. The smallest absolute Gasteiger partial charge is 0.333 e. The van der Waals surface area contributed by atoms with Gasteiger partial charge in [-0.1, -0.05) is 32.6 Å². The van der Waals surface area contributed by atoms with Gasteiger partial charge in [0.05, 0.1) is 17.1 Å². The number of anilines is 2. The predicted molar refractivity (Wildman–Crippen MR) is 83.2 cm³/mol. The first-order valence-electron chi connectivity index (χ1n) is 7.30. The Bertz CT molecular complexity index is 466.